The largest absolute Gasteiger partial charge is 0.497 e. The Bertz CT molecular complexity index is 979. The van der Waals surface area contributed by atoms with Crippen molar-refractivity contribution in [2.24, 2.45) is 0 Å². The molecule has 2 N–H and O–H groups in total. The minimum absolute atomic E-state index is 0.379. The maximum Gasteiger partial charge on any atom is 0.176 e. The van der Waals surface area contributed by atoms with E-state index in [2.05, 4.69) is 31.7 Å². The lowest BCUT2D eigenvalue weighted by Gasteiger charge is -2.13. The van der Waals surface area contributed by atoms with Gasteiger partial charge in [0.25, 0.3) is 0 Å². The first-order chi connectivity index (χ1) is 13.5. The van der Waals surface area contributed by atoms with Gasteiger partial charge in [0.1, 0.15) is 11.5 Å². The van der Waals surface area contributed by atoms with Crippen LogP contribution in [0.25, 0.3) is 0 Å². The summed E-state index contributed by atoms with van der Waals surface area (Å²) in [5.41, 5.74) is 1.78. The van der Waals surface area contributed by atoms with Crippen LogP contribution in [0.5, 0.6) is 11.5 Å². The second kappa shape index (κ2) is 9.27. The van der Waals surface area contributed by atoms with Crippen LogP contribution >= 0.6 is 39.7 Å². The Morgan fingerprint density at radius 1 is 1.14 bits per heavy atom. The molecule has 28 heavy (non-hydrogen) atoms. The van der Waals surface area contributed by atoms with E-state index in [0.717, 1.165) is 10.0 Å². The average Bonchev–Trinajstić information content (AvgIpc) is 3.02. The van der Waals surface area contributed by atoms with Crippen LogP contribution in [0.3, 0.4) is 0 Å². The number of anilines is 2. The van der Waals surface area contributed by atoms with Gasteiger partial charge >= 0.3 is 0 Å². The fourth-order valence-electron chi connectivity index (χ4n) is 2.51. The summed E-state index contributed by atoms with van der Waals surface area (Å²) in [5.74, 6) is 1.95. The zero-order chi connectivity index (χ0) is 20.1. The summed E-state index contributed by atoms with van der Waals surface area (Å²) in [6, 6.07) is 13.1. The molecular weight excluding hydrogens is 464 g/mol. The molecule has 0 atom stereocenters. The quantitative estimate of drug-likeness (QED) is 0.474. The number of rotatable bonds is 6. The number of benzene rings is 2. The number of nitrogens with zero attached hydrogens (tertiary/aromatic N) is 2. The summed E-state index contributed by atoms with van der Waals surface area (Å²) in [6.07, 6.45) is 1.88. The highest BCUT2D eigenvalue weighted by Gasteiger charge is 2.11. The molecule has 0 saturated carbocycles. The molecule has 0 radical (unpaired) electrons. The van der Waals surface area contributed by atoms with Gasteiger partial charge in [-0.1, -0.05) is 23.7 Å². The van der Waals surface area contributed by atoms with Gasteiger partial charge in [-0.2, -0.15) is 5.10 Å². The van der Waals surface area contributed by atoms with Crippen molar-refractivity contribution in [3.8, 4) is 11.5 Å². The molecular formula is C19H18BrClN4O2S. The zero-order valence-electron chi connectivity index (χ0n) is 15.2. The van der Waals surface area contributed by atoms with Gasteiger partial charge in [-0.15, -0.1) is 0 Å². The molecule has 2 aromatic carbocycles. The Kier molecular flexibility index (Phi) is 6.77. The maximum absolute atomic E-state index is 5.93. The van der Waals surface area contributed by atoms with Crippen molar-refractivity contribution in [1.29, 1.82) is 0 Å². The van der Waals surface area contributed by atoms with Crippen molar-refractivity contribution in [3.63, 3.8) is 0 Å². The molecule has 1 aromatic heterocycles. The van der Waals surface area contributed by atoms with Crippen molar-refractivity contribution < 1.29 is 9.47 Å². The summed E-state index contributed by atoms with van der Waals surface area (Å²) in [7, 11) is 3.20. The second-order valence-corrected chi connectivity index (χ2v) is 7.49. The Morgan fingerprint density at radius 2 is 1.89 bits per heavy atom. The number of nitrogens with one attached hydrogen (secondary N) is 2. The van der Waals surface area contributed by atoms with E-state index in [1.54, 1.807) is 26.4 Å². The van der Waals surface area contributed by atoms with E-state index in [4.69, 9.17) is 33.3 Å². The molecule has 0 aliphatic heterocycles. The molecule has 1 heterocycles. The molecule has 0 bridgehead atoms. The van der Waals surface area contributed by atoms with Gasteiger partial charge in [-0.05, 0) is 58.0 Å². The number of halogens is 2. The van der Waals surface area contributed by atoms with Crippen LogP contribution in [-0.2, 0) is 6.54 Å². The second-order valence-electron chi connectivity index (χ2n) is 5.80. The monoisotopic (exact) mass is 480 g/mol. The summed E-state index contributed by atoms with van der Waals surface area (Å²) < 4.78 is 13.2. The van der Waals surface area contributed by atoms with Crippen LogP contribution in [0.4, 0.5) is 11.5 Å². The van der Waals surface area contributed by atoms with E-state index in [1.165, 1.54) is 0 Å². The highest BCUT2D eigenvalue weighted by Crippen LogP contribution is 2.29. The third kappa shape index (κ3) is 5.15. The van der Waals surface area contributed by atoms with Gasteiger partial charge in [-0.3, -0.25) is 4.68 Å². The topological polar surface area (TPSA) is 60.3 Å². The molecule has 0 amide bonds. The van der Waals surface area contributed by atoms with Gasteiger partial charge in [0.05, 0.1) is 30.9 Å². The molecule has 0 spiro atoms. The minimum Gasteiger partial charge on any atom is -0.497 e. The number of hydrogen-bond acceptors (Lipinski definition) is 4. The lowest BCUT2D eigenvalue weighted by atomic mass is 10.2. The smallest absolute Gasteiger partial charge is 0.176 e. The van der Waals surface area contributed by atoms with Crippen molar-refractivity contribution >= 4 is 56.4 Å². The van der Waals surface area contributed by atoms with Crippen LogP contribution in [0, 0.1) is 0 Å². The first-order valence-electron chi connectivity index (χ1n) is 8.26. The summed E-state index contributed by atoms with van der Waals surface area (Å²) in [5, 5.41) is 11.8. The van der Waals surface area contributed by atoms with Crippen LogP contribution in [0.1, 0.15) is 5.56 Å². The van der Waals surface area contributed by atoms with E-state index in [1.807, 2.05) is 41.2 Å². The van der Waals surface area contributed by atoms with Crippen LogP contribution in [0.15, 0.2) is 53.1 Å². The zero-order valence-corrected chi connectivity index (χ0v) is 18.4. The Morgan fingerprint density at radius 3 is 2.57 bits per heavy atom. The number of methoxy groups -OCH3 is 2. The van der Waals surface area contributed by atoms with Crippen LogP contribution < -0.4 is 20.1 Å². The standard InChI is InChI=1S/C19H18BrClN4O2S/c1-26-14-7-8-17(27-2)16(9-14)22-19(28)23-18-15(20)11-25(24-18)10-12-3-5-13(21)6-4-12/h3-9,11H,10H2,1-2H3,(H2,22,23,24,28). The highest BCUT2D eigenvalue weighted by molar-refractivity contribution is 9.10. The normalized spacial score (nSPS) is 10.4. The van der Waals surface area contributed by atoms with Crippen molar-refractivity contribution in [1.82, 2.24) is 9.78 Å². The molecule has 0 aliphatic rings. The molecule has 146 valence electrons. The molecule has 6 nitrogen and oxygen atoms in total. The first kappa shape index (κ1) is 20.4. The fraction of sp³-hybridized carbons (Fsp3) is 0.158. The molecule has 0 fully saturated rings. The number of aromatic nitrogens is 2. The summed E-state index contributed by atoms with van der Waals surface area (Å²) in [4.78, 5) is 0. The Labute approximate surface area is 181 Å². The molecule has 3 rings (SSSR count). The first-order valence-corrected chi connectivity index (χ1v) is 9.84. The van der Waals surface area contributed by atoms with Gasteiger partial charge in [0, 0.05) is 17.3 Å². The van der Waals surface area contributed by atoms with E-state index < -0.39 is 0 Å². The van der Waals surface area contributed by atoms with Gasteiger partial charge < -0.3 is 20.1 Å². The molecule has 0 saturated heterocycles. The fourth-order valence-corrected chi connectivity index (χ4v) is 3.26. The predicted molar refractivity (Wildman–Crippen MR) is 120 cm³/mol. The molecule has 9 heteroatoms. The van der Waals surface area contributed by atoms with Crippen molar-refractivity contribution in [2.75, 3.05) is 24.9 Å². The van der Waals surface area contributed by atoms with Gasteiger partial charge in [0.15, 0.2) is 10.9 Å². The van der Waals surface area contributed by atoms with Gasteiger partial charge in [-0.25, -0.2) is 0 Å². The van der Waals surface area contributed by atoms with Crippen LogP contribution in [-0.4, -0.2) is 29.1 Å². The Balaban J connectivity index is 1.69. The SMILES string of the molecule is COc1ccc(OC)c(NC(=S)Nc2nn(Cc3ccc(Cl)cc3)cc2Br)c1. The minimum atomic E-state index is 0.379. The maximum atomic E-state index is 5.93. The van der Waals surface area contributed by atoms with Crippen LogP contribution in [0.2, 0.25) is 5.02 Å². The molecule has 0 unspecified atom stereocenters. The van der Waals surface area contributed by atoms with Crippen molar-refractivity contribution in [2.45, 2.75) is 6.54 Å². The van der Waals surface area contributed by atoms with E-state index in [-0.39, 0.29) is 0 Å². The molecule has 0 aliphatic carbocycles. The Hall–Kier alpha value is -2.29. The number of thiocarbonyl (C=S) groups is 1. The summed E-state index contributed by atoms with van der Waals surface area (Å²) in [6.45, 7) is 0.612. The lowest BCUT2D eigenvalue weighted by Crippen LogP contribution is -2.20. The van der Waals surface area contributed by atoms with E-state index in [0.29, 0.717) is 39.7 Å². The third-order valence-corrected chi connectivity index (χ3v) is 4.90. The molecule has 3 aromatic rings. The van der Waals surface area contributed by atoms with E-state index in [9.17, 15) is 0 Å². The van der Waals surface area contributed by atoms with E-state index >= 15 is 0 Å². The van der Waals surface area contributed by atoms with Crippen molar-refractivity contribution in [3.05, 3.63) is 63.7 Å². The predicted octanol–water partition coefficient (Wildman–Crippen LogP) is 5.17. The number of hydrogen-bond donors (Lipinski definition) is 2. The number of ether oxygens (including phenoxy) is 2. The lowest BCUT2D eigenvalue weighted by molar-refractivity contribution is 0.405. The van der Waals surface area contributed by atoms with Gasteiger partial charge in [0.2, 0.25) is 0 Å². The highest BCUT2D eigenvalue weighted by atomic mass is 79.9. The summed E-state index contributed by atoms with van der Waals surface area (Å²) >= 11 is 14.9. The third-order valence-electron chi connectivity index (χ3n) is 3.86. The average molecular weight is 482 g/mol.